The molecule has 50 valence electrons. The molecular formula is C6H10N2S. The van der Waals surface area contributed by atoms with Crippen LogP contribution in [0.2, 0.25) is 0 Å². The highest BCUT2D eigenvalue weighted by Crippen LogP contribution is 2.15. The summed E-state index contributed by atoms with van der Waals surface area (Å²) < 4.78 is 4.10. The van der Waals surface area contributed by atoms with E-state index in [0.29, 0.717) is 0 Å². The van der Waals surface area contributed by atoms with Crippen LogP contribution in [-0.4, -0.2) is 4.37 Å². The van der Waals surface area contributed by atoms with Crippen LogP contribution in [0.25, 0.3) is 0 Å². The Kier molecular flexibility index (Phi) is 1.83. The highest BCUT2D eigenvalue weighted by atomic mass is 32.1. The molecule has 1 atom stereocenters. The summed E-state index contributed by atoms with van der Waals surface area (Å²) in [7, 11) is 0. The fraction of sp³-hybridized carbons (Fsp3) is 0.500. The van der Waals surface area contributed by atoms with Crippen LogP contribution in [0.5, 0.6) is 0 Å². The second-order valence-electron chi connectivity index (χ2n) is 2.14. The Balaban J connectivity index is 2.94. The molecule has 0 saturated heterocycles. The van der Waals surface area contributed by atoms with Crippen molar-refractivity contribution in [3.8, 4) is 0 Å². The van der Waals surface area contributed by atoms with E-state index >= 15 is 0 Å². The van der Waals surface area contributed by atoms with Gasteiger partial charge < -0.3 is 5.73 Å². The van der Waals surface area contributed by atoms with E-state index in [1.165, 1.54) is 17.1 Å². The normalized spacial score (nSPS) is 13.7. The van der Waals surface area contributed by atoms with Gasteiger partial charge in [-0.2, -0.15) is 4.37 Å². The van der Waals surface area contributed by atoms with E-state index in [-0.39, 0.29) is 6.04 Å². The molecule has 0 radical (unpaired) electrons. The number of aromatic nitrogens is 1. The van der Waals surface area contributed by atoms with Gasteiger partial charge in [0.15, 0.2) is 0 Å². The minimum absolute atomic E-state index is 0.128. The van der Waals surface area contributed by atoms with E-state index in [9.17, 15) is 0 Å². The molecule has 0 aliphatic carbocycles. The predicted octanol–water partition coefficient (Wildman–Crippen LogP) is 1.47. The molecule has 1 rings (SSSR count). The molecule has 1 unspecified atom stereocenters. The van der Waals surface area contributed by atoms with Crippen molar-refractivity contribution in [3.05, 3.63) is 16.6 Å². The lowest BCUT2D eigenvalue weighted by Crippen LogP contribution is -2.04. The van der Waals surface area contributed by atoms with Crippen molar-refractivity contribution in [2.45, 2.75) is 19.9 Å². The third-order valence-corrected chi connectivity index (χ3v) is 2.02. The van der Waals surface area contributed by atoms with Crippen molar-refractivity contribution in [2.24, 2.45) is 5.73 Å². The first-order valence-electron chi connectivity index (χ1n) is 2.88. The topological polar surface area (TPSA) is 38.9 Å². The monoisotopic (exact) mass is 142 g/mol. The fourth-order valence-electron chi connectivity index (χ4n) is 0.737. The van der Waals surface area contributed by atoms with E-state index in [1.807, 2.05) is 19.2 Å². The van der Waals surface area contributed by atoms with Gasteiger partial charge >= 0.3 is 0 Å². The predicted molar refractivity (Wildman–Crippen MR) is 39.5 cm³/mol. The summed E-state index contributed by atoms with van der Waals surface area (Å²) in [4.78, 5) is 0. The standard InChI is InChI=1S/C6H10N2S/c1-4(7)6-3-9-8-5(6)2/h3-4H,7H2,1-2H3. The summed E-state index contributed by atoms with van der Waals surface area (Å²) in [6, 6.07) is 0.128. The van der Waals surface area contributed by atoms with Crippen LogP contribution < -0.4 is 5.73 Å². The third kappa shape index (κ3) is 1.28. The molecule has 1 heterocycles. The Labute approximate surface area is 58.9 Å². The molecule has 2 N–H and O–H groups in total. The smallest absolute Gasteiger partial charge is 0.0558 e. The summed E-state index contributed by atoms with van der Waals surface area (Å²) in [6.07, 6.45) is 0. The number of hydrogen-bond acceptors (Lipinski definition) is 3. The molecule has 0 bridgehead atoms. The largest absolute Gasteiger partial charge is 0.324 e. The number of nitrogens with two attached hydrogens (primary N) is 1. The summed E-state index contributed by atoms with van der Waals surface area (Å²) in [5.41, 5.74) is 7.86. The second-order valence-corrected chi connectivity index (χ2v) is 2.77. The molecule has 1 aromatic rings. The fourth-order valence-corrected chi connectivity index (χ4v) is 1.55. The lowest BCUT2D eigenvalue weighted by atomic mass is 10.1. The van der Waals surface area contributed by atoms with E-state index in [0.717, 1.165) is 5.69 Å². The minimum atomic E-state index is 0.128. The molecule has 9 heavy (non-hydrogen) atoms. The molecule has 2 nitrogen and oxygen atoms in total. The SMILES string of the molecule is Cc1nscc1C(C)N. The molecule has 0 amide bonds. The van der Waals surface area contributed by atoms with Crippen LogP contribution in [0, 0.1) is 6.92 Å². The van der Waals surface area contributed by atoms with Crippen molar-refractivity contribution in [1.82, 2.24) is 4.37 Å². The number of hydrogen-bond donors (Lipinski definition) is 1. The number of aryl methyl sites for hydroxylation is 1. The average molecular weight is 142 g/mol. The molecule has 0 aliphatic heterocycles. The van der Waals surface area contributed by atoms with Crippen LogP contribution in [0.3, 0.4) is 0 Å². The van der Waals surface area contributed by atoms with Gasteiger partial charge in [-0.25, -0.2) is 0 Å². The maximum absolute atomic E-state index is 5.63. The van der Waals surface area contributed by atoms with Crippen LogP contribution in [-0.2, 0) is 0 Å². The van der Waals surface area contributed by atoms with Crippen molar-refractivity contribution < 1.29 is 0 Å². The molecule has 0 aliphatic rings. The zero-order chi connectivity index (χ0) is 6.85. The molecule has 0 aromatic carbocycles. The first-order valence-corrected chi connectivity index (χ1v) is 3.72. The van der Waals surface area contributed by atoms with Crippen LogP contribution >= 0.6 is 11.5 Å². The van der Waals surface area contributed by atoms with Gasteiger partial charge in [0.05, 0.1) is 5.69 Å². The average Bonchev–Trinajstić information content (AvgIpc) is 2.13. The minimum Gasteiger partial charge on any atom is -0.324 e. The van der Waals surface area contributed by atoms with Crippen LogP contribution in [0.15, 0.2) is 5.38 Å². The maximum atomic E-state index is 5.63. The van der Waals surface area contributed by atoms with Gasteiger partial charge in [0.25, 0.3) is 0 Å². The van der Waals surface area contributed by atoms with Gasteiger partial charge in [0, 0.05) is 17.0 Å². The van der Waals surface area contributed by atoms with Gasteiger partial charge in [-0.1, -0.05) is 0 Å². The zero-order valence-electron chi connectivity index (χ0n) is 5.59. The van der Waals surface area contributed by atoms with E-state index in [4.69, 9.17) is 5.73 Å². The van der Waals surface area contributed by atoms with E-state index < -0.39 is 0 Å². The Morgan fingerprint density at radius 1 is 1.78 bits per heavy atom. The van der Waals surface area contributed by atoms with E-state index in [2.05, 4.69) is 4.37 Å². The summed E-state index contributed by atoms with van der Waals surface area (Å²) in [6.45, 7) is 3.95. The Bertz CT molecular complexity index is 193. The van der Waals surface area contributed by atoms with Crippen LogP contribution in [0.1, 0.15) is 24.2 Å². The molecule has 0 fully saturated rings. The number of nitrogens with zero attached hydrogens (tertiary/aromatic N) is 1. The summed E-state index contributed by atoms with van der Waals surface area (Å²) in [5.74, 6) is 0. The zero-order valence-corrected chi connectivity index (χ0v) is 6.40. The summed E-state index contributed by atoms with van der Waals surface area (Å²) in [5, 5.41) is 2.00. The van der Waals surface area contributed by atoms with Gasteiger partial charge in [-0.3, -0.25) is 0 Å². The Morgan fingerprint density at radius 3 is 2.67 bits per heavy atom. The Hall–Kier alpha value is -0.410. The first-order chi connectivity index (χ1) is 4.22. The highest BCUT2D eigenvalue weighted by molar-refractivity contribution is 7.03. The van der Waals surface area contributed by atoms with Crippen molar-refractivity contribution in [2.75, 3.05) is 0 Å². The second kappa shape index (κ2) is 2.45. The Morgan fingerprint density at radius 2 is 2.44 bits per heavy atom. The van der Waals surface area contributed by atoms with Crippen molar-refractivity contribution in [1.29, 1.82) is 0 Å². The molecular weight excluding hydrogens is 132 g/mol. The lowest BCUT2D eigenvalue weighted by molar-refractivity contribution is 0.810. The quantitative estimate of drug-likeness (QED) is 0.645. The van der Waals surface area contributed by atoms with Gasteiger partial charge in [0.2, 0.25) is 0 Å². The van der Waals surface area contributed by atoms with Crippen LogP contribution in [0.4, 0.5) is 0 Å². The maximum Gasteiger partial charge on any atom is 0.0558 e. The third-order valence-electron chi connectivity index (χ3n) is 1.28. The summed E-state index contributed by atoms with van der Waals surface area (Å²) >= 11 is 1.46. The molecule has 0 saturated carbocycles. The van der Waals surface area contributed by atoms with E-state index in [1.54, 1.807) is 0 Å². The highest BCUT2D eigenvalue weighted by Gasteiger charge is 2.03. The molecule has 1 aromatic heterocycles. The van der Waals surface area contributed by atoms with Gasteiger partial charge in [-0.15, -0.1) is 0 Å². The van der Waals surface area contributed by atoms with Crippen molar-refractivity contribution in [3.63, 3.8) is 0 Å². The molecule has 0 spiro atoms. The number of rotatable bonds is 1. The van der Waals surface area contributed by atoms with Gasteiger partial charge in [0.1, 0.15) is 0 Å². The van der Waals surface area contributed by atoms with Crippen molar-refractivity contribution >= 4 is 11.5 Å². The first kappa shape index (κ1) is 6.71. The molecule has 3 heteroatoms. The lowest BCUT2D eigenvalue weighted by Gasteiger charge is -1.99. The van der Waals surface area contributed by atoms with Gasteiger partial charge in [-0.05, 0) is 25.4 Å².